The highest BCUT2D eigenvalue weighted by Gasteiger charge is 2.10. The van der Waals surface area contributed by atoms with E-state index >= 15 is 0 Å². The highest BCUT2D eigenvalue weighted by atomic mass is 79.9. The molecular formula is C12H14BrClN4. The molecule has 1 atom stereocenters. The van der Waals surface area contributed by atoms with Crippen LogP contribution in [0.4, 0.5) is 0 Å². The van der Waals surface area contributed by atoms with Crippen molar-refractivity contribution in [3.05, 3.63) is 45.4 Å². The molecule has 0 aliphatic rings. The Kier molecular flexibility index (Phi) is 4.37. The molecule has 2 rings (SSSR count). The number of nitrogens with one attached hydrogen (secondary N) is 1. The Morgan fingerprint density at radius 2 is 2.28 bits per heavy atom. The van der Waals surface area contributed by atoms with E-state index in [1.54, 1.807) is 11.0 Å². The molecule has 4 nitrogen and oxygen atoms in total. The summed E-state index contributed by atoms with van der Waals surface area (Å²) < 4.78 is 2.67. The van der Waals surface area contributed by atoms with E-state index in [4.69, 9.17) is 11.6 Å². The van der Waals surface area contributed by atoms with Gasteiger partial charge in [0.05, 0.1) is 6.54 Å². The number of halogens is 2. The lowest BCUT2D eigenvalue weighted by Gasteiger charge is -2.14. The van der Waals surface area contributed by atoms with E-state index < -0.39 is 0 Å². The van der Waals surface area contributed by atoms with Crippen LogP contribution in [0.3, 0.4) is 0 Å². The Morgan fingerprint density at radius 3 is 2.89 bits per heavy atom. The van der Waals surface area contributed by atoms with Crippen molar-refractivity contribution >= 4 is 27.5 Å². The number of rotatable bonds is 4. The molecule has 1 heterocycles. The second-order valence-corrected chi connectivity index (χ2v) is 5.43. The maximum atomic E-state index is 6.20. The summed E-state index contributed by atoms with van der Waals surface area (Å²) in [6.45, 7) is 2.69. The lowest BCUT2D eigenvalue weighted by molar-refractivity contribution is 0.556. The molecule has 1 unspecified atom stereocenters. The van der Waals surface area contributed by atoms with Crippen LogP contribution in [0.5, 0.6) is 0 Å². The SMILES string of the molecule is CC(NCc1ncn(C)n1)c1ccc(Br)cc1Cl. The Bertz CT molecular complexity index is 541. The van der Waals surface area contributed by atoms with Gasteiger partial charge in [0.15, 0.2) is 5.82 Å². The fourth-order valence-electron chi connectivity index (χ4n) is 1.67. The lowest BCUT2D eigenvalue weighted by Crippen LogP contribution is -2.19. The van der Waals surface area contributed by atoms with Gasteiger partial charge in [0.2, 0.25) is 0 Å². The van der Waals surface area contributed by atoms with Crippen molar-refractivity contribution < 1.29 is 0 Å². The predicted octanol–water partition coefficient (Wildman–Crippen LogP) is 3.08. The Hall–Kier alpha value is -0.910. The molecule has 2 aromatic rings. The van der Waals surface area contributed by atoms with E-state index in [1.807, 2.05) is 25.2 Å². The first-order valence-electron chi connectivity index (χ1n) is 5.59. The Labute approximate surface area is 119 Å². The van der Waals surface area contributed by atoms with E-state index in [9.17, 15) is 0 Å². The standard InChI is InChI=1S/C12H14BrClN4/c1-8(10-4-3-9(13)5-11(10)14)15-6-12-16-7-18(2)17-12/h3-5,7-8,15H,6H2,1-2H3. The van der Waals surface area contributed by atoms with Crippen molar-refractivity contribution in [2.24, 2.45) is 7.05 Å². The monoisotopic (exact) mass is 328 g/mol. The highest BCUT2D eigenvalue weighted by molar-refractivity contribution is 9.10. The number of hydrogen-bond acceptors (Lipinski definition) is 3. The van der Waals surface area contributed by atoms with Crippen LogP contribution >= 0.6 is 27.5 Å². The van der Waals surface area contributed by atoms with Crippen LogP contribution in [-0.4, -0.2) is 14.8 Å². The molecule has 1 aromatic heterocycles. The van der Waals surface area contributed by atoms with E-state index in [-0.39, 0.29) is 6.04 Å². The zero-order valence-corrected chi connectivity index (χ0v) is 12.5. The maximum absolute atomic E-state index is 6.20. The number of nitrogens with zero attached hydrogens (tertiary/aromatic N) is 3. The zero-order chi connectivity index (χ0) is 13.1. The van der Waals surface area contributed by atoms with Gasteiger partial charge in [-0.1, -0.05) is 33.6 Å². The molecule has 96 valence electrons. The van der Waals surface area contributed by atoms with E-state index in [0.29, 0.717) is 6.54 Å². The van der Waals surface area contributed by atoms with Crippen LogP contribution in [-0.2, 0) is 13.6 Å². The van der Waals surface area contributed by atoms with Crippen LogP contribution in [0.25, 0.3) is 0 Å². The molecule has 0 aliphatic carbocycles. The molecule has 0 saturated heterocycles. The van der Waals surface area contributed by atoms with Crippen LogP contribution in [0.2, 0.25) is 5.02 Å². The van der Waals surface area contributed by atoms with Crippen molar-refractivity contribution in [3.8, 4) is 0 Å². The van der Waals surface area contributed by atoms with Gasteiger partial charge in [0.1, 0.15) is 6.33 Å². The molecule has 0 bridgehead atoms. The van der Waals surface area contributed by atoms with Gasteiger partial charge in [0.25, 0.3) is 0 Å². The van der Waals surface area contributed by atoms with Crippen molar-refractivity contribution in [1.82, 2.24) is 20.1 Å². The van der Waals surface area contributed by atoms with Gasteiger partial charge in [-0.15, -0.1) is 0 Å². The van der Waals surface area contributed by atoms with E-state index in [2.05, 4.69) is 38.3 Å². The minimum Gasteiger partial charge on any atom is -0.303 e. The van der Waals surface area contributed by atoms with Gasteiger partial charge >= 0.3 is 0 Å². The molecule has 1 aromatic carbocycles. The third-order valence-corrected chi connectivity index (χ3v) is 3.46. The quantitative estimate of drug-likeness (QED) is 0.937. The minimum atomic E-state index is 0.148. The molecule has 0 spiro atoms. The van der Waals surface area contributed by atoms with Crippen LogP contribution in [0, 0.1) is 0 Å². The molecule has 1 N–H and O–H groups in total. The van der Waals surface area contributed by atoms with Crippen molar-refractivity contribution in [1.29, 1.82) is 0 Å². The van der Waals surface area contributed by atoms with E-state index in [0.717, 1.165) is 20.9 Å². The first-order chi connectivity index (χ1) is 8.56. The molecule has 0 amide bonds. The fraction of sp³-hybridized carbons (Fsp3) is 0.333. The van der Waals surface area contributed by atoms with Gasteiger partial charge in [-0.3, -0.25) is 4.68 Å². The molecule has 0 saturated carbocycles. The predicted molar refractivity (Wildman–Crippen MR) is 75.4 cm³/mol. The van der Waals surface area contributed by atoms with Gasteiger partial charge in [-0.05, 0) is 24.6 Å². The first-order valence-corrected chi connectivity index (χ1v) is 6.76. The molecule has 0 radical (unpaired) electrons. The summed E-state index contributed by atoms with van der Waals surface area (Å²) in [7, 11) is 1.85. The smallest absolute Gasteiger partial charge is 0.164 e. The molecule has 0 fully saturated rings. The highest BCUT2D eigenvalue weighted by Crippen LogP contribution is 2.26. The van der Waals surface area contributed by atoms with Crippen LogP contribution in [0.1, 0.15) is 24.4 Å². The summed E-state index contributed by atoms with van der Waals surface area (Å²) in [6, 6.07) is 6.04. The Balaban J connectivity index is 2.01. The second-order valence-electron chi connectivity index (χ2n) is 4.10. The molecule has 18 heavy (non-hydrogen) atoms. The number of hydrogen-bond donors (Lipinski definition) is 1. The number of benzene rings is 1. The minimum absolute atomic E-state index is 0.148. The molecule has 6 heteroatoms. The summed E-state index contributed by atoms with van der Waals surface area (Å²) in [5, 5.41) is 8.31. The number of aryl methyl sites for hydroxylation is 1. The van der Waals surface area contributed by atoms with E-state index in [1.165, 1.54) is 0 Å². The molecular weight excluding hydrogens is 316 g/mol. The zero-order valence-electron chi connectivity index (χ0n) is 10.2. The third-order valence-electron chi connectivity index (χ3n) is 2.64. The van der Waals surface area contributed by atoms with Crippen molar-refractivity contribution in [3.63, 3.8) is 0 Å². The fourth-order valence-corrected chi connectivity index (χ4v) is 2.51. The van der Waals surface area contributed by atoms with Crippen molar-refractivity contribution in [2.75, 3.05) is 0 Å². The van der Waals surface area contributed by atoms with Gasteiger partial charge in [-0.2, -0.15) is 5.10 Å². The first kappa shape index (κ1) is 13.5. The summed E-state index contributed by atoms with van der Waals surface area (Å²) >= 11 is 9.60. The molecule has 0 aliphatic heterocycles. The summed E-state index contributed by atoms with van der Waals surface area (Å²) in [6.07, 6.45) is 1.69. The van der Waals surface area contributed by atoms with Crippen molar-refractivity contribution in [2.45, 2.75) is 19.5 Å². The van der Waals surface area contributed by atoms with Crippen LogP contribution in [0.15, 0.2) is 29.0 Å². The normalized spacial score (nSPS) is 12.7. The summed E-state index contributed by atoms with van der Waals surface area (Å²) in [5.41, 5.74) is 1.07. The maximum Gasteiger partial charge on any atom is 0.164 e. The second kappa shape index (κ2) is 5.82. The topological polar surface area (TPSA) is 42.7 Å². The average Bonchev–Trinajstić information content (AvgIpc) is 2.72. The van der Waals surface area contributed by atoms with Crippen LogP contribution < -0.4 is 5.32 Å². The number of aromatic nitrogens is 3. The average molecular weight is 330 g/mol. The summed E-state index contributed by atoms with van der Waals surface area (Å²) in [4.78, 5) is 4.17. The summed E-state index contributed by atoms with van der Waals surface area (Å²) in [5.74, 6) is 0.776. The largest absolute Gasteiger partial charge is 0.303 e. The van der Waals surface area contributed by atoms with Gasteiger partial charge in [0, 0.05) is 22.6 Å². The Morgan fingerprint density at radius 1 is 1.50 bits per heavy atom. The van der Waals surface area contributed by atoms with Gasteiger partial charge < -0.3 is 5.32 Å². The lowest BCUT2D eigenvalue weighted by atomic mass is 10.1. The third kappa shape index (κ3) is 3.31. The van der Waals surface area contributed by atoms with Gasteiger partial charge in [-0.25, -0.2) is 4.98 Å².